The topological polar surface area (TPSA) is 30.9 Å². The average Bonchev–Trinajstić information content (AvgIpc) is 3.28. The van der Waals surface area contributed by atoms with E-state index < -0.39 is 0 Å². The van der Waals surface area contributed by atoms with Gasteiger partial charge in [0.1, 0.15) is 0 Å². The zero-order valence-corrected chi connectivity index (χ0v) is 15.3. The van der Waals surface area contributed by atoms with E-state index >= 15 is 0 Å². The highest BCUT2D eigenvalue weighted by atomic mass is 15.3. The number of aliphatic imine (C=N–C) groups is 1. The first kappa shape index (κ1) is 17.1. The van der Waals surface area contributed by atoms with Crippen LogP contribution in [0.25, 0.3) is 0 Å². The molecule has 1 atom stereocenters. The molecular weight excluding hydrogens is 284 g/mol. The molecule has 1 spiro atoms. The monoisotopic (exact) mass is 320 g/mol. The Morgan fingerprint density at radius 3 is 2.52 bits per heavy atom. The van der Waals surface area contributed by atoms with Gasteiger partial charge in [0, 0.05) is 32.7 Å². The number of hydrogen-bond donors (Lipinski definition) is 1. The van der Waals surface area contributed by atoms with E-state index in [0.29, 0.717) is 11.3 Å². The van der Waals surface area contributed by atoms with Gasteiger partial charge >= 0.3 is 0 Å². The molecule has 3 aliphatic rings. The fraction of sp³-hybridized carbons (Fsp3) is 0.947. The van der Waals surface area contributed by atoms with E-state index in [0.717, 1.165) is 13.1 Å². The molecule has 1 saturated carbocycles. The Labute approximate surface area is 142 Å². The van der Waals surface area contributed by atoms with E-state index in [9.17, 15) is 0 Å². The van der Waals surface area contributed by atoms with E-state index in [1.807, 2.05) is 0 Å². The lowest BCUT2D eigenvalue weighted by Crippen LogP contribution is -2.41. The molecule has 3 rings (SSSR count). The van der Waals surface area contributed by atoms with Gasteiger partial charge in [0.2, 0.25) is 0 Å². The molecule has 2 saturated heterocycles. The highest BCUT2D eigenvalue weighted by Crippen LogP contribution is 2.45. The first-order valence-corrected chi connectivity index (χ1v) is 9.96. The Morgan fingerprint density at radius 2 is 1.83 bits per heavy atom. The highest BCUT2D eigenvalue weighted by molar-refractivity contribution is 5.80. The number of guanidine groups is 1. The molecule has 0 aromatic rings. The third-order valence-corrected chi connectivity index (χ3v) is 6.06. The van der Waals surface area contributed by atoms with Gasteiger partial charge in [-0.15, -0.1) is 0 Å². The second-order valence-corrected chi connectivity index (χ2v) is 8.19. The summed E-state index contributed by atoms with van der Waals surface area (Å²) in [6, 6.07) is 0. The number of nitrogens with one attached hydrogen (secondary N) is 1. The number of likely N-dealkylation sites (tertiary alicyclic amines) is 2. The molecule has 132 valence electrons. The second kappa shape index (κ2) is 7.87. The van der Waals surface area contributed by atoms with Crippen LogP contribution in [0.3, 0.4) is 0 Å². The fourth-order valence-corrected chi connectivity index (χ4v) is 4.78. The van der Waals surface area contributed by atoms with Crippen molar-refractivity contribution in [3.05, 3.63) is 0 Å². The average molecular weight is 321 g/mol. The van der Waals surface area contributed by atoms with Crippen molar-refractivity contribution in [2.45, 2.75) is 58.8 Å². The maximum Gasteiger partial charge on any atom is 0.193 e. The van der Waals surface area contributed by atoms with Gasteiger partial charge in [0.15, 0.2) is 5.96 Å². The highest BCUT2D eigenvalue weighted by Gasteiger charge is 2.41. The molecular formula is C19H36N4. The Balaban J connectivity index is 1.52. The minimum atomic E-state index is 0.622. The van der Waals surface area contributed by atoms with Crippen LogP contribution in [-0.4, -0.2) is 61.6 Å². The normalized spacial score (nSPS) is 26.3. The molecule has 0 radical (unpaired) electrons. The zero-order valence-electron chi connectivity index (χ0n) is 15.3. The molecule has 3 fully saturated rings. The summed E-state index contributed by atoms with van der Waals surface area (Å²) in [7, 11) is 0. The largest absolute Gasteiger partial charge is 0.357 e. The summed E-state index contributed by atoms with van der Waals surface area (Å²) < 4.78 is 0. The van der Waals surface area contributed by atoms with E-state index in [1.165, 1.54) is 83.6 Å². The number of nitrogens with zero attached hydrogens (tertiary/aromatic N) is 3. The van der Waals surface area contributed by atoms with Crippen LogP contribution < -0.4 is 5.32 Å². The van der Waals surface area contributed by atoms with Crippen molar-refractivity contribution < 1.29 is 0 Å². The van der Waals surface area contributed by atoms with E-state index in [1.54, 1.807) is 0 Å². The van der Waals surface area contributed by atoms with Crippen molar-refractivity contribution in [1.82, 2.24) is 15.1 Å². The number of hydrogen-bond acceptors (Lipinski definition) is 2. The molecule has 1 aliphatic carbocycles. The Bertz CT molecular complexity index is 394. The van der Waals surface area contributed by atoms with Crippen molar-refractivity contribution in [3.63, 3.8) is 0 Å². The van der Waals surface area contributed by atoms with Crippen molar-refractivity contribution in [2.75, 3.05) is 45.8 Å². The molecule has 4 heteroatoms. The summed E-state index contributed by atoms with van der Waals surface area (Å²) in [5.41, 5.74) is 0.622. The maximum atomic E-state index is 5.00. The third-order valence-electron chi connectivity index (χ3n) is 6.06. The summed E-state index contributed by atoms with van der Waals surface area (Å²) in [6.07, 6.45) is 9.90. The van der Waals surface area contributed by atoms with Gasteiger partial charge < -0.3 is 15.1 Å². The molecule has 0 aromatic carbocycles. The molecule has 1 N–H and O–H groups in total. The molecule has 2 heterocycles. The molecule has 0 aromatic heterocycles. The van der Waals surface area contributed by atoms with E-state index in [-0.39, 0.29) is 0 Å². The van der Waals surface area contributed by atoms with Gasteiger partial charge in [-0.2, -0.15) is 0 Å². The predicted octanol–water partition coefficient (Wildman–Crippen LogP) is 2.95. The van der Waals surface area contributed by atoms with Crippen LogP contribution in [0, 0.1) is 11.3 Å². The standard InChI is InChI=1S/C19H36N4/c1-3-20-18(21-14-17(2)15-22-11-6-7-12-22)23-13-10-19(16-23)8-4-5-9-19/h17H,3-16H2,1-2H3,(H,20,21). The van der Waals surface area contributed by atoms with Gasteiger partial charge in [-0.25, -0.2) is 0 Å². The SMILES string of the molecule is CCNC(=NCC(C)CN1CCCC1)N1CCC2(CCCC2)C1. The molecule has 1 unspecified atom stereocenters. The summed E-state index contributed by atoms with van der Waals surface area (Å²) >= 11 is 0. The second-order valence-electron chi connectivity index (χ2n) is 8.19. The van der Waals surface area contributed by atoms with Crippen molar-refractivity contribution in [3.8, 4) is 0 Å². The minimum absolute atomic E-state index is 0.622. The molecule has 0 bridgehead atoms. The van der Waals surface area contributed by atoms with Crippen molar-refractivity contribution in [2.24, 2.45) is 16.3 Å². The Morgan fingerprint density at radius 1 is 1.09 bits per heavy atom. The first-order chi connectivity index (χ1) is 11.2. The van der Waals surface area contributed by atoms with Gasteiger partial charge in [0.05, 0.1) is 0 Å². The molecule has 2 aliphatic heterocycles. The van der Waals surface area contributed by atoms with Crippen LogP contribution in [0.5, 0.6) is 0 Å². The van der Waals surface area contributed by atoms with Crippen LogP contribution in [0.4, 0.5) is 0 Å². The lowest BCUT2D eigenvalue weighted by molar-refractivity contribution is 0.290. The van der Waals surface area contributed by atoms with Crippen LogP contribution in [0.15, 0.2) is 4.99 Å². The van der Waals surface area contributed by atoms with Crippen LogP contribution >= 0.6 is 0 Å². The molecule has 4 nitrogen and oxygen atoms in total. The Hall–Kier alpha value is -0.770. The van der Waals surface area contributed by atoms with Gasteiger partial charge in [-0.1, -0.05) is 19.8 Å². The summed E-state index contributed by atoms with van der Waals surface area (Å²) in [6.45, 7) is 12.7. The molecule has 23 heavy (non-hydrogen) atoms. The maximum absolute atomic E-state index is 5.00. The third kappa shape index (κ3) is 4.40. The van der Waals surface area contributed by atoms with Crippen molar-refractivity contribution in [1.29, 1.82) is 0 Å². The lowest BCUT2D eigenvalue weighted by atomic mass is 9.86. The van der Waals surface area contributed by atoms with Gasteiger partial charge in [-0.3, -0.25) is 4.99 Å². The quantitative estimate of drug-likeness (QED) is 0.624. The smallest absolute Gasteiger partial charge is 0.193 e. The van der Waals surface area contributed by atoms with Gasteiger partial charge in [0.25, 0.3) is 0 Å². The summed E-state index contributed by atoms with van der Waals surface area (Å²) in [5, 5.41) is 3.54. The summed E-state index contributed by atoms with van der Waals surface area (Å²) in [5.74, 6) is 1.83. The minimum Gasteiger partial charge on any atom is -0.357 e. The Kier molecular flexibility index (Phi) is 5.84. The van der Waals surface area contributed by atoms with Gasteiger partial charge in [-0.05, 0) is 63.5 Å². The van der Waals surface area contributed by atoms with Crippen molar-refractivity contribution >= 4 is 5.96 Å². The predicted molar refractivity (Wildman–Crippen MR) is 97.9 cm³/mol. The van der Waals surface area contributed by atoms with Crippen LogP contribution in [0.2, 0.25) is 0 Å². The molecule has 0 amide bonds. The lowest BCUT2D eigenvalue weighted by Gasteiger charge is -2.26. The summed E-state index contributed by atoms with van der Waals surface area (Å²) in [4.78, 5) is 10.1. The van der Waals surface area contributed by atoms with E-state index in [2.05, 4.69) is 29.0 Å². The zero-order chi connectivity index (χ0) is 16.1. The number of rotatable bonds is 5. The van der Waals surface area contributed by atoms with Crippen LogP contribution in [0.1, 0.15) is 58.8 Å². The van der Waals surface area contributed by atoms with Crippen LogP contribution in [-0.2, 0) is 0 Å². The van der Waals surface area contributed by atoms with E-state index in [4.69, 9.17) is 4.99 Å². The first-order valence-electron chi connectivity index (χ1n) is 9.96. The fourth-order valence-electron chi connectivity index (χ4n) is 4.78.